The van der Waals surface area contributed by atoms with E-state index in [1.54, 1.807) is 18.3 Å². The van der Waals surface area contributed by atoms with E-state index in [0.29, 0.717) is 24.7 Å². The first-order valence-electron chi connectivity index (χ1n) is 8.58. The maximum absolute atomic E-state index is 13.0. The van der Waals surface area contributed by atoms with E-state index in [2.05, 4.69) is 20.9 Å². The number of ether oxygens (including phenoxy) is 2. The third-order valence-corrected chi connectivity index (χ3v) is 4.29. The molecular weight excluding hydrogens is 409 g/mol. The highest BCUT2D eigenvalue weighted by Gasteiger charge is 2.07. The van der Waals surface area contributed by atoms with Crippen molar-refractivity contribution in [2.45, 2.75) is 13.5 Å². The van der Waals surface area contributed by atoms with E-state index in [1.807, 2.05) is 49.4 Å². The Hall–Kier alpha value is -2.66. The van der Waals surface area contributed by atoms with Gasteiger partial charge in [-0.1, -0.05) is 28.1 Å². The van der Waals surface area contributed by atoms with Gasteiger partial charge >= 0.3 is 0 Å². The van der Waals surface area contributed by atoms with Gasteiger partial charge < -0.3 is 9.47 Å². The van der Waals surface area contributed by atoms with Gasteiger partial charge in [0.1, 0.15) is 12.4 Å². The maximum atomic E-state index is 13.0. The van der Waals surface area contributed by atoms with Gasteiger partial charge in [0.15, 0.2) is 11.5 Å². The second-order valence-electron chi connectivity index (χ2n) is 5.79. The van der Waals surface area contributed by atoms with Gasteiger partial charge in [0.2, 0.25) is 0 Å². The highest BCUT2D eigenvalue weighted by atomic mass is 79.9. The predicted octanol–water partition coefficient (Wildman–Crippen LogP) is 6.32. The lowest BCUT2D eigenvalue weighted by atomic mass is 10.2. The minimum atomic E-state index is -0.261. The van der Waals surface area contributed by atoms with Crippen LogP contribution < -0.4 is 9.47 Å². The minimum Gasteiger partial charge on any atom is -0.490 e. The Balaban J connectivity index is 1.73. The molecule has 3 aromatic carbocycles. The molecule has 0 aliphatic heterocycles. The molecule has 0 radical (unpaired) electrons. The maximum Gasteiger partial charge on any atom is 0.161 e. The Morgan fingerprint density at radius 3 is 2.37 bits per heavy atom. The van der Waals surface area contributed by atoms with Crippen LogP contribution in [-0.2, 0) is 6.61 Å². The first kappa shape index (κ1) is 19.1. The van der Waals surface area contributed by atoms with Crippen molar-refractivity contribution in [2.24, 2.45) is 4.99 Å². The van der Waals surface area contributed by atoms with Crippen LogP contribution in [0.4, 0.5) is 10.1 Å². The average Bonchev–Trinajstić information content (AvgIpc) is 2.68. The molecule has 0 fully saturated rings. The molecule has 0 heterocycles. The third kappa shape index (κ3) is 5.66. The van der Waals surface area contributed by atoms with E-state index in [9.17, 15) is 4.39 Å². The number of aliphatic imine (C=N–C) groups is 1. The standard InChI is InChI=1S/C22H19BrFNO2/c1-2-26-22-13-17(14-25-20-10-6-18(23)7-11-20)5-12-21(22)27-15-16-3-8-19(24)9-4-16/h3-14H,2,15H2,1H3. The molecule has 3 aromatic rings. The van der Waals surface area contributed by atoms with E-state index >= 15 is 0 Å². The van der Waals surface area contributed by atoms with Gasteiger partial charge in [0, 0.05) is 10.7 Å². The van der Waals surface area contributed by atoms with Crippen molar-refractivity contribution >= 4 is 27.8 Å². The summed E-state index contributed by atoms with van der Waals surface area (Å²) in [5.41, 5.74) is 2.67. The lowest BCUT2D eigenvalue weighted by Gasteiger charge is -2.12. The molecule has 0 spiro atoms. The Morgan fingerprint density at radius 2 is 1.67 bits per heavy atom. The summed E-state index contributed by atoms with van der Waals surface area (Å²) in [6, 6.07) is 19.7. The molecule has 0 saturated carbocycles. The molecule has 0 saturated heterocycles. The molecule has 0 aliphatic rings. The van der Waals surface area contributed by atoms with Crippen LogP contribution in [0.25, 0.3) is 0 Å². The van der Waals surface area contributed by atoms with Crippen molar-refractivity contribution in [3.8, 4) is 11.5 Å². The highest BCUT2D eigenvalue weighted by Crippen LogP contribution is 2.29. The average molecular weight is 428 g/mol. The summed E-state index contributed by atoms with van der Waals surface area (Å²) in [6.45, 7) is 2.79. The molecule has 0 aliphatic carbocycles. The molecule has 0 aromatic heterocycles. The van der Waals surface area contributed by atoms with Crippen LogP contribution in [0.3, 0.4) is 0 Å². The van der Waals surface area contributed by atoms with E-state index in [4.69, 9.17) is 9.47 Å². The topological polar surface area (TPSA) is 30.8 Å². The molecule has 3 nitrogen and oxygen atoms in total. The lowest BCUT2D eigenvalue weighted by molar-refractivity contribution is 0.269. The van der Waals surface area contributed by atoms with Crippen LogP contribution in [-0.4, -0.2) is 12.8 Å². The van der Waals surface area contributed by atoms with Crippen LogP contribution in [0.1, 0.15) is 18.1 Å². The quantitative estimate of drug-likeness (QED) is 0.413. The van der Waals surface area contributed by atoms with E-state index in [-0.39, 0.29) is 5.82 Å². The van der Waals surface area contributed by atoms with Gasteiger partial charge in [0.25, 0.3) is 0 Å². The molecular formula is C22H19BrFNO2. The fourth-order valence-electron chi connectivity index (χ4n) is 2.41. The Labute approximate surface area is 166 Å². The first-order valence-corrected chi connectivity index (χ1v) is 9.37. The van der Waals surface area contributed by atoms with Gasteiger partial charge in [-0.15, -0.1) is 0 Å². The van der Waals surface area contributed by atoms with Crippen molar-refractivity contribution in [3.05, 3.63) is 88.1 Å². The summed E-state index contributed by atoms with van der Waals surface area (Å²) in [5.74, 6) is 1.03. The van der Waals surface area contributed by atoms with E-state index in [0.717, 1.165) is 21.3 Å². The Bertz CT molecular complexity index is 909. The van der Waals surface area contributed by atoms with Gasteiger partial charge in [0.05, 0.1) is 12.3 Å². The van der Waals surface area contributed by atoms with Crippen LogP contribution in [0, 0.1) is 5.82 Å². The number of benzene rings is 3. The fourth-order valence-corrected chi connectivity index (χ4v) is 2.67. The normalized spacial score (nSPS) is 10.9. The molecule has 0 N–H and O–H groups in total. The van der Waals surface area contributed by atoms with E-state index < -0.39 is 0 Å². The van der Waals surface area contributed by atoms with Crippen LogP contribution in [0.5, 0.6) is 11.5 Å². The molecule has 0 bridgehead atoms. The molecule has 0 atom stereocenters. The van der Waals surface area contributed by atoms with Crippen molar-refractivity contribution < 1.29 is 13.9 Å². The van der Waals surface area contributed by atoms with E-state index in [1.165, 1.54) is 12.1 Å². The number of nitrogens with zero attached hydrogens (tertiary/aromatic N) is 1. The van der Waals surface area contributed by atoms with Gasteiger partial charge in [-0.25, -0.2) is 4.39 Å². The molecule has 3 rings (SSSR count). The zero-order valence-electron chi connectivity index (χ0n) is 14.9. The Kier molecular flexibility index (Phi) is 6.60. The van der Waals surface area contributed by atoms with Gasteiger partial charge in [-0.2, -0.15) is 0 Å². The van der Waals surface area contributed by atoms with Crippen LogP contribution in [0.15, 0.2) is 76.2 Å². The van der Waals surface area contributed by atoms with Gasteiger partial charge in [-0.05, 0) is 72.6 Å². The number of rotatable bonds is 7. The summed E-state index contributed by atoms with van der Waals surface area (Å²) >= 11 is 3.41. The summed E-state index contributed by atoms with van der Waals surface area (Å²) in [4.78, 5) is 4.47. The monoisotopic (exact) mass is 427 g/mol. The van der Waals surface area contributed by atoms with Crippen molar-refractivity contribution in [3.63, 3.8) is 0 Å². The number of hydrogen-bond acceptors (Lipinski definition) is 3. The molecule has 0 unspecified atom stereocenters. The summed E-state index contributed by atoms with van der Waals surface area (Å²) in [5, 5.41) is 0. The van der Waals surface area contributed by atoms with Gasteiger partial charge in [-0.3, -0.25) is 4.99 Å². The van der Waals surface area contributed by atoms with Crippen molar-refractivity contribution in [1.29, 1.82) is 0 Å². The molecule has 138 valence electrons. The van der Waals surface area contributed by atoms with Crippen LogP contribution in [0.2, 0.25) is 0 Å². The largest absolute Gasteiger partial charge is 0.490 e. The highest BCUT2D eigenvalue weighted by molar-refractivity contribution is 9.10. The minimum absolute atomic E-state index is 0.261. The Morgan fingerprint density at radius 1 is 0.926 bits per heavy atom. The SMILES string of the molecule is CCOc1cc(C=Nc2ccc(Br)cc2)ccc1OCc1ccc(F)cc1. The second-order valence-corrected chi connectivity index (χ2v) is 6.70. The predicted molar refractivity (Wildman–Crippen MR) is 110 cm³/mol. The zero-order valence-corrected chi connectivity index (χ0v) is 16.4. The second kappa shape index (κ2) is 9.33. The molecule has 0 amide bonds. The number of hydrogen-bond donors (Lipinski definition) is 0. The summed E-state index contributed by atoms with van der Waals surface area (Å²) < 4.78 is 25.6. The number of halogens is 2. The summed E-state index contributed by atoms with van der Waals surface area (Å²) in [7, 11) is 0. The van der Waals surface area contributed by atoms with Crippen molar-refractivity contribution in [2.75, 3.05) is 6.61 Å². The zero-order chi connectivity index (χ0) is 19.1. The van der Waals surface area contributed by atoms with Crippen LogP contribution >= 0.6 is 15.9 Å². The third-order valence-electron chi connectivity index (χ3n) is 3.76. The smallest absolute Gasteiger partial charge is 0.161 e. The summed E-state index contributed by atoms with van der Waals surface area (Å²) in [6.07, 6.45) is 1.79. The molecule has 5 heteroatoms. The lowest BCUT2D eigenvalue weighted by Crippen LogP contribution is -2.00. The van der Waals surface area contributed by atoms with Crippen molar-refractivity contribution in [1.82, 2.24) is 0 Å². The molecule has 27 heavy (non-hydrogen) atoms. The first-order chi connectivity index (χ1) is 13.1. The fraction of sp³-hybridized carbons (Fsp3) is 0.136.